The maximum absolute atomic E-state index is 13.4. The van der Waals surface area contributed by atoms with Crippen LogP contribution in [-0.4, -0.2) is 21.9 Å². The van der Waals surface area contributed by atoms with Crippen molar-refractivity contribution in [3.05, 3.63) is 101 Å². The summed E-state index contributed by atoms with van der Waals surface area (Å²) in [5.74, 6) is 0.134. The molecule has 0 spiro atoms. The van der Waals surface area contributed by atoms with Gasteiger partial charge in [-0.3, -0.25) is 19.8 Å². The molecule has 4 aromatic rings. The highest BCUT2D eigenvalue weighted by molar-refractivity contribution is 7.80. The number of para-hydroxylation sites is 2. The Morgan fingerprint density at radius 2 is 1.69 bits per heavy atom. The lowest BCUT2D eigenvalue weighted by Crippen LogP contribution is -2.54. The van der Waals surface area contributed by atoms with Crippen molar-refractivity contribution >= 4 is 63.4 Å². The number of carbonyl (C=O) groups excluding carboxylic acids is 2. The fourth-order valence-corrected chi connectivity index (χ4v) is 4.25. The van der Waals surface area contributed by atoms with Crippen molar-refractivity contribution < 1.29 is 14.3 Å². The van der Waals surface area contributed by atoms with E-state index < -0.39 is 11.8 Å². The topological polar surface area (TPSA) is 71.5 Å². The summed E-state index contributed by atoms with van der Waals surface area (Å²) < 4.78 is 5.81. The number of amides is 2. The minimum Gasteiger partial charge on any atom is -0.457 e. The molecule has 5 rings (SSSR count). The SMILES string of the molecule is Cc1cccc2cc(C=C3C(=O)NC(=S)N(c4ccc(Oc5ccccc5)cc4)C3=O)c(Cl)nc12. The highest BCUT2D eigenvalue weighted by Gasteiger charge is 2.34. The minimum absolute atomic E-state index is 0.00719. The number of thiocarbonyl (C=S) groups is 1. The number of pyridine rings is 1. The second-order valence-electron chi connectivity index (χ2n) is 7.88. The number of nitrogens with zero attached hydrogens (tertiary/aromatic N) is 2. The van der Waals surface area contributed by atoms with E-state index in [1.165, 1.54) is 11.0 Å². The maximum Gasteiger partial charge on any atom is 0.270 e. The molecule has 1 aliphatic heterocycles. The largest absolute Gasteiger partial charge is 0.457 e. The van der Waals surface area contributed by atoms with Crippen molar-refractivity contribution in [2.45, 2.75) is 6.92 Å². The molecule has 172 valence electrons. The summed E-state index contributed by atoms with van der Waals surface area (Å²) in [4.78, 5) is 31.8. The van der Waals surface area contributed by atoms with E-state index in [1.54, 1.807) is 30.3 Å². The number of benzene rings is 3. The van der Waals surface area contributed by atoms with Gasteiger partial charge < -0.3 is 4.74 Å². The number of hydrogen-bond donors (Lipinski definition) is 1. The van der Waals surface area contributed by atoms with Crippen molar-refractivity contribution in [3.63, 3.8) is 0 Å². The number of fused-ring (bicyclic) bond motifs is 1. The normalized spacial score (nSPS) is 15.0. The number of nitrogens with one attached hydrogen (secondary N) is 1. The van der Waals surface area contributed by atoms with Crippen molar-refractivity contribution in [3.8, 4) is 11.5 Å². The standard InChI is InChI=1S/C27H18ClN3O3S/c1-16-6-5-7-17-14-18(24(28)29-23(16)17)15-22-25(32)30-27(35)31(26(22)33)19-10-12-21(13-11-19)34-20-8-3-2-4-9-20/h2-15H,1H3,(H,30,32,35). The van der Waals surface area contributed by atoms with Crippen molar-refractivity contribution in [1.29, 1.82) is 0 Å². The molecule has 0 radical (unpaired) electrons. The average Bonchev–Trinajstić information content (AvgIpc) is 2.84. The molecular weight excluding hydrogens is 482 g/mol. The Morgan fingerprint density at radius 1 is 0.971 bits per heavy atom. The van der Waals surface area contributed by atoms with Crippen LogP contribution in [0.1, 0.15) is 11.1 Å². The first-order valence-corrected chi connectivity index (χ1v) is 11.5. The number of rotatable bonds is 4. The number of ether oxygens (including phenoxy) is 1. The van der Waals surface area contributed by atoms with Crippen molar-refractivity contribution in [2.24, 2.45) is 0 Å². The van der Waals surface area contributed by atoms with Crippen LogP contribution in [0.2, 0.25) is 5.15 Å². The zero-order chi connectivity index (χ0) is 24.5. The summed E-state index contributed by atoms with van der Waals surface area (Å²) in [6.45, 7) is 1.94. The number of aryl methyl sites for hydroxylation is 1. The van der Waals surface area contributed by atoms with E-state index in [1.807, 2.05) is 55.5 Å². The smallest absolute Gasteiger partial charge is 0.270 e. The molecule has 1 aliphatic rings. The molecule has 0 atom stereocenters. The molecule has 2 amide bonds. The first-order chi connectivity index (χ1) is 16.9. The van der Waals surface area contributed by atoms with Gasteiger partial charge in [0, 0.05) is 10.9 Å². The highest BCUT2D eigenvalue weighted by Crippen LogP contribution is 2.29. The van der Waals surface area contributed by atoms with E-state index in [9.17, 15) is 9.59 Å². The van der Waals surface area contributed by atoms with E-state index >= 15 is 0 Å². The quantitative estimate of drug-likeness (QED) is 0.166. The summed E-state index contributed by atoms with van der Waals surface area (Å²) in [6, 6.07) is 23.8. The first kappa shape index (κ1) is 22.7. The van der Waals surface area contributed by atoms with Gasteiger partial charge in [-0.25, -0.2) is 4.98 Å². The summed E-state index contributed by atoms with van der Waals surface area (Å²) in [5.41, 5.74) is 2.59. The van der Waals surface area contributed by atoms with Crippen LogP contribution in [0.3, 0.4) is 0 Å². The van der Waals surface area contributed by atoms with Crippen LogP contribution in [-0.2, 0) is 9.59 Å². The molecule has 0 saturated carbocycles. The second kappa shape index (κ2) is 9.29. The summed E-state index contributed by atoms with van der Waals surface area (Å²) in [7, 11) is 0. The van der Waals surface area contributed by atoms with Gasteiger partial charge >= 0.3 is 0 Å². The summed E-state index contributed by atoms with van der Waals surface area (Å²) in [5, 5.41) is 3.63. The monoisotopic (exact) mass is 499 g/mol. The average molecular weight is 500 g/mol. The van der Waals surface area contributed by atoms with Crippen LogP contribution >= 0.6 is 23.8 Å². The van der Waals surface area contributed by atoms with Crippen LogP contribution in [0.4, 0.5) is 5.69 Å². The number of halogens is 1. The Labute approximate surface area is 211 Å². The predicted molar refractivity (Wildman–Crippen MR) is 141 cm³/mol. The zero-order valence-electron chi connectivity index (χ0n) is 18.5. The van der Waals surface area contributed by atoms with E-state index in [2.05, 4.69) is 10.3 Å². The first-order valence-electron chi connectivity index (χ1n) is 10.7. The lowest BCUT2D eigenvalue weighted by Gasteiger charge is -2.29. The third kappa shape index (κ3) is 4.51. The van der Waals surface area contributed by atoms with Gasteiger partial charge in [0.15, 0.2) is 5.11 Å². The van der Waals surface area contributed by atoms with Crippen LogP contribution in [0.15, 0.2) is 84.4 Å². The number of aromatic nitrogens is 1. The van der Waals surface area contributed by atoms with E-state index in [0.29, 0.717) is 22.7 Å². The molecule has 1 N–H and O–H groups in total. The van der Waals surface area contributed by atoms with Gasteiger partial charge in [-0.05, 0) is 73.2 Å². The van der Waals surface area contributed by atoms with E-state index in [-0.39, 0.29) is 15.8 Å². The second-order valence-corrected chi connectivity index (χ2v) is 8.63. The van der Waals surface area contributed by atoms with Gasteiger partial charge in [-0.1, -0.05) is 48.0 Å². The number of anilines is 1. The van der Waals surface area contributed by atoms with Gasteiger partial charge in [-0.2, -0.15) is 0 Å². The molecular formula is C27H18ClN3O3S. The molecule has 8 heteroatoms. The fourth-order valence-electron chi connectivity index (χ4n) is 3.78. The van der Waals surface area contributed by atoms with Gasteiger partial charge in [0.25, 0.3) is 11.8 Å². The Hall–Kier alpha value is -4.07. The summed E-state index contributed by atoms with van der Waals surface area (Å²) >= 11 is 11.7. The lowest BCUT2D eigenvalue weighted by atomic mass is 10.1. The molecule has 6 nitrogen and oxygen atoms in total. The highest BCUT2D eigenvalue weighted by atomic mass is 35.5. The van der Waals surface area contributed by atoms with Crippen LogP contribution < -0.4 is 15.0 Å². The van der Waals surface area contributed by atoms with Crippen LogP contribution in [0.25, 0.3) is 17.0 Å². The Morgan fingerprint density at radius 3 is 2.43 bits per heavy atom. The van der Waals surface area contributed by atoms with Crippen molar-refractivity contribution in [2.75, 3.05) is 4.90 Å². The van der Waals surface area contributed by atoms with Gasteiger partial charge in [0.05, 0.1) is 11.2 Å². The minimum atomic E-state index is -0.597. The lowest BCUT2D eigenvalue weighted by molar-refractivity contribution is -0.122. The van der Waals surface area contributed by atoms with E-state index in [4.69, 9.17) is 28.6 Å². The van der Waals surface area contributed by atoms with Crippen LogP contribution in [0, 0.1) is 6.92 Å². The number of hydrogen-bond acceptors (Lipinski definition) is 5. The Bertz CT molecular complexity index is 1520. The van der Waals surface area contributed by atoms with Gasteiger partial charge in [-0.15, -0.1) is 0 Å². The van der Waals surface area contributed by atoms with Gasteiger partial charge in [0.1, 0.15) is 22.2 Å². The molecule has 0 unspecified atom stereocenters. The molecule has 3 aromatic carbocycles. The molecule has 1 saturated heterocycles. The third-order valence-electron chi connectivity index (χ3n) is 5.50. The Balaban J connectivity index is 1.46. The molecule has 1 fully saturated rings. The van der Waals surface area contributed by atoms with Crippen molar-refractivity contribution in [1.82, 2.24) is 10.3 Å². The third-order valence-corrected chi connectivity index (χ3v) is 6.09. The van der Waals surface area contributed by atoms with E-state index in [0.717, 1.165) is 16.5 Å². The number of carbonyl (C=O) groups is 2. The molecule has 2 heterocycles. The molecule has 1 aromatic heterocycles. The maximum atomic E-state index is 13.4. The molecule has 0 bridgehead atoms. The molecule has 0 aliphatic carbocycles. The zero-order valence-corrected chi connectivity index (χ0v) is 20.1. The van der Waals surface area contributed by atoms with Gasteiger partial charge in [0.2, 0.25) is 0 Å². The fraction of sp³-hybridized carbons (Fsp3) is 0.0370. The summed E-state index contributed by atoms with van der Waals surface area (Å²) in [6.07, 6.45) is 1.44. The Kier molecular flexibility index (Phi) is 6.03. The molecule has 35 heavy (non-hydrogen) atoms. The predicted octanol–water partition coefficient (Wildman–Crippen LogP) is 5.82. The van der Waals surface area contributed by atoms with Crippen LogP contribution in [0.5, 0.6) is 11.5 Å².